The predicted octanol–water partition coefficient (Wildman–Crippen LogP) is -4.98. The molecule has 9 heteroatoms. The van der Waals surface area contributed by atoms with Gasteiger partial charge in [0, 0.05) is 23.9 Å². The van der Waals surface area contributed by atoms with Crippen LogP contribution >= 0.6 is 0 Å². The molecule has 0 atom stereocenters. The molecule has 0 N–H and O–H groups in total. The summed E-state index contributed by atoms with van der Waals surface area (Å²) in [6.07, 6.45) is 0. The van der Waals surface area contributed by atoms with Crippen molar-refractivity contribution in [2.45, 2.75) is 27.7 Å². The number of carbonyl (C=O) groups excluding carboxylic acids is 4. The Balaban J connectivity index is -0.0000000369. The quantitative estimate of drug-likeness (QED) is 0.402. The molecule has 0 aliphatic rings. The van der Waals surface area contributed by atoms with Crippen molar-refractivity contribution in [1.82, 2.24) is 0 Å². The third kappa shape index (κ3) is 1010. The van der Waals surface area contributed by atoms with Gasteiger partial charge in [-0.25, -0.2) is 0 Å². The van der Waals surface area contributed by atoms with E-state index in [-0.39, 0.29) is 19.5 Å². The fraction of sp³-hybridized carbons (Fsp3) is 0.500. The van der Waals surface area contributed by atoms with E-state index in [1.807, 2.05) is 0 Å². The minimum Gasteiger partial charge on any atom is -0.550 e. The maximum Gasteiger partial charge on any atom is 4.00 e. The standard InChI is InChI=1S/4C2H4O2.Zn/c4*1-2(3)4;/h4*1H3,(H,3,4);/q;;;;+4/p-4. The van der Waals surface area contributed by atoms with Gasteiger partial charge in [-0.15, -0.1) is 0 Å². The number of hydrogen-bond acceptors (Lipinski definition) is 8. The first-order chi connectivity index (χ1) is 6.93. The summed E-state index contributed by atoms with van der Waals surface area (Å²) in [7, 11) is 0. The van der Waals surface area contributed by atoms with Crippen molar-refractivity contribution >= 4 is 23.9 Å². The zero-order valence-corrected chi connectivity index (χ0v) is 12.9. The topological polar surface area (TPSA) is 161 Å². The Morgan fingerprint density at radius 3 is 0.529 bits per heavy atom. The van der Waals surface area contributed by atoms with Crippen LogP contribution in [-0.4, -0.2) is 23.9 Å². The van der Waals surface area contributed by atoms with Gasteiger partial charge in [-0.1, -0.05) is 0 Å². The fourth-order valence-electron chi connectivity index (χ4n) is 0. The van der Waals surface area contributed by atoms with Gasteiger partial charge in [-0.2, -0.15) is 0 Å². The van der Waals surface area contributed by atoms with Crippen LogP contribution in [0.15, 0.2) is 0 Å². The van der Waals surface area contributed by atoms with Gasteiger partial charge in [-0.3, -0.25) is 0 Å². The Hall–Kier alpha value is -1.50. The van der Waals surface area contributed by atoms with E-state index < -0.39 is 23.9 Å². The second-order valence-electron chi connectivity index (χ2n) is 1.97. The number of rotatable bonds is 0. The zero-order valence-electron chi connectivity index (χ0n) is 9.97. The summed E-state index contributed by atoms with van der Waals surface area (Å²) in [5.74, 6) is -4.33. The average molecular weight is 302 g/mol. The van der Waals surface area contributed by atoms with Gasteiger partial charge in [0.2, 0.25) is 0 Å². The molecular formula is C8H12O8Zn. The van der Waals surface area contributed by atoms with Crippen molar-refractivity contribution in [3.8, 4) is 0 Å². The second kappa shape index (κ2) is 24.0. The average Bonchev–Trinajstić information content (AvgIpc) is 1.76. The monoisotopic (exact) mass is 300 g/mol. The van der Waals surface area contributed by atoms with Crippen molar-refractivity contribution in [3.63, 3.8) is 0 Å². The largest absolute Gasteiger partial charge is 4.00 e. The van der Waals surface area contributed by atoms with Crippen LogP contribution in [0, 0.1) is 0 Å². The normalized spacial score (nSPS) is 5.88. The van der Waals surface area contributed by atoms with Gasteiger partial charge >= 0.3 is 19.5 Å². The zero-order chi connectivity index (χ0) is 14.3. The van der Waals surface area contributed by atoms with Gasteiger partial charge in [0.25, 0.3) is 0 Å². The van der Waals surface area contributed by atoms with Crippen LogP contribution in [0.3, 0.4) is 0 Å². The van der Waals surface area contributed by atoms with Gasteiger partial charge in [0.1, 0.15) is 0 Å². The minimum absolute atomic E-state index is 0. The van der Waals surface area contributed by atoms with E-state index in [0.29, 0.717) is 0 Å². The SMILES string of the molecule is CC(=O)[O-].CC(=O)[O-].CC(=O)[O-].CC(=O)[O-].[Zn+4]. The van der Waals surface area contributed by atoms with Crippen LogP contribution in [-0.2, 0) is 38.7 Å². The van der Waals surface area contributed by atoms with Gasteiger partial charge in [-0.05, 0) is 27.7 Å². The van der Waals surface area contributed by atoms with Gasteiger partial charge < -0.3 is 39.6 Å². The Morgan fingerprint density at radius 1 is 0.529 bits per heavy atom. The molecule has 17 heavy (non-hydrogen) atoms. The molecule has 0 aromatic carbocycles. The molecular weight excluding hydrogens is 289 g/mol. The molecule has 94 valence electrons. The first-order valence-corrected chi connectivity index (χ1v) is 3.63. The van der Waals surface area contributed by atoms with E-state index in [9.17, 15) is 0 Å². The Kier molecular flexibility index (Phi) is 41.7. The summed E-state index contributed by atoms with van der Waals surface area (Å²) >= 11 is 0. The van der Waals surface area contributed by atoms with Crippen LogP contribution in [0.5, 0.6) is 0 Å². The Bertz CT molecular complexity index is 162. The summed E-state index contributed by atoms with van der Waals surface area (Å²) < 4.78 is 0. The Labute approximate surface area is 111 Å². The molecule has 0 bridgehead atoms. The molecule has 0 fully saturated rings. The van der Waals surface area contributed by atoms with E-state index in [2.05, 4.69) is 0 Å². The Morgan fingerprint density at radius 2 is 0.529 bits per heavy atom. The third-order valence-electron chi connectivity index (χ3n) is 0. The number of hydrogen-bond donors (Lipinski definition) is 0. The van der Waals surface area contributed by atoms with E-state index >= 15 is 0 Å². The van der Waals surface area contributed by atoms with Crippen LogP contribution in [0.2, 0.25) is 0 Å². The maximum atomic E-state index is 8.89. The third-order valence-corrected chi connectivity index (χ3v) is 0. The second-order valence-corrected chi connectivity index (χ2v) is 1.97. The molecule has 0 saturated carbocycles. The van der Waals surface area contributed by atoms with Crippen molar-refractivity contribution in [1.29, 1.82) is 0 Å². The number of carboxylic acids is 4. The molecule has 0 aromatic rings. The molecule has 0 aliphatic heterocycles. The smallest absolute Gasteiger partial charge is 0.550 e. The molecule has 0 spiro atoms. The summed E-state index contributed by atoms with van der Waals surface area (Å²) in [6, 6.07) is 0. The predicted molar refractivity (Wildman–Crippen MR) is 42.7 cm³/mol. The molecule has 0 aliphatic carbocycles. The van der Waals surface area contributed by atoms with Crippen LogP contribution in [0.25, 0.3) is 0 Å². The van der Waals surface area contributed by atoms with E-state index in [0.717, 1.165) is 27.7 Å². The molecule has 0 saturated heterocycles. The maximum absolute atomic E-state index is 8.89. The molecule has 0 rings (SSSR count). The van der Waals surface area contributed by atoms with E-state index in [4.69, 9.17) is 39.6 Å². The van der Waals surface area contributed by atoms with Crippen molar-refractivity contribution in [3.05, 3.63) is 0 Å². The first kappa shape index (κ1) is 29.6. The molecule has 0 radical (unpaired) electrons. The van der Waals surface area contributed by atoms with E-state index in [1.165, 1.54) is 0 Å². The van der Waals surface area contributed by atoms with Gasteiger partial charge in [0.05, 0.1) is 0 Å². The number of carbonyl (C=O) groups is 4. The summed E-state index contributed by atoms with van der Waals surface area (Å²) in [5, 5.41) is 35.6. The van der Waals surface area contributed by atoms with E-state index in [1.54, 1.807) is 0 Å². The first-order valence-electron chi connectivity index (χ1n) is 3.63. The number of carboxylic acid groups (broad SMARTS) is 4. The van der Waals surface area contributed by atoms with Crippen LogP contribution in [0.4, 0.5) is 0 Å². The van der Waals surface area contributed by atoms with Crippen LogP contribution < -0.4 is 20.4 Å². The summed E-state index contributed by atoms with van der Waals surface area (Å²) in [5.41, 5.74) is 0. The van der Waals surface area contributed by atoms with Crippen molar-refractivity contribution in [2.24, 2.45) is 0 Å². The van der Waals surface area contributed by atoms with Crippen molar-refractivity contribution < 1.29 is 59.1 Å². The van der Waals surface area contributed by atoms with Crippen LogP contribution in [0.1, 0.15) is 27.7 Å². The fourth-order valence-corrected chi connectivity index (χ4v) is 0. The molecule has 8 nitrogen and oxygen atoms in total. The van der Waals surface area contributed by atoms with Gasteiger partial charge in [0.15, 0.2) is 0 Å². The molecule has 0 unspecified atom stereocenters. The minimum atomic E-state index is -1.08. The van der Waals surface area contributed by atoms with Crippen molar-refractivity contribution in [2.75, 3.05) is 0 Å². The molecule has 0 heterocycles. The summed E-state index contributed by atoms with van der Waals surface area (Å²) in [6.45, 7) is 3.89. The summed E-state index contributed by atoms with van der Waals surface area (Å²) in [4.78, 5) is 35.6. The molecule has 0 amide bonds. The number of aliphatic carboxylic acids is 4. The molecule has 0 aromatic heterocycles.